The van der Waals surface area contributed by atoms with Gasteiger partial charge in [-0.3, -0.25) is 9.39 Å². The Labute approximate surface area is 193 Å². The molecule has 1 aliphatic carbocycles. The fourth-order valence-corrected chi connectivity index (χ4v) is 4.28. The molecule has 0 spiro atoms. The lowest BCUT2D eigenvalue weighted by Crippen LogP contribution is -2.44. The summed E-state index contributed by atoms with van der Waals surface area (Å²) in [5, 5.41) is 16.1. The highest BCUT2D eigenvalue weighted by atomic mass is 127. The fourth-order valence-electron chi connectivity index (χ4n) is 4.09. The molecule has 1 fully saturated rings. The van der Waals surface area contributed by atoms with Crippen LogP contribution in [-0.2, 0) is 12.0 Å². The molecule has 0 saturated heterocycles. The van der Waals surface area contributed by atoms with Crippen LogP contribution in [0.15, 0.2) is 53.7 Å². The lowest BCUT2D eigenvalue weighted by molar-refractivity contribution is 0.431. The number of benzene rings is 1. The number of pyridine rings is 1. The van der Waals surface area contributed by atoms with Crippen LogP contribution in [0.25, 0.3) is 5.65 Å². The van der Waals surface area contributed by atoms with Crippen molar-refractivity contribution in [2.45, 2.75) is 37.6 Å². The molecule has 0 aliphatic heterocycles. The molecule has 0 unspecified atom stereocenters. The van der Waals surface area contributed by atoms with E-state index in [1.165, 1.54) is 18.4 Å². The summed E-state index contributed by atoms with van der Waals surface area (Å²) < 4.78 is 1.98. The minimum absolute atomic E-state index is 0. The first-order chi connectivity index (χ1) is 13.7. The zero-order valence-electron chi connectivity index (χ0n) is 16.4. The fraction of sp³-hybridized carbons (Fsp3) is 0.381. The SMILES string of the molecule is CN=C(NCc1nnc2ccccn12)NCC1(c2cccc(Cl)c2)CCCC1.I. The number of aliphatic imine (C=N–C) groups is 1. The maximum atomic E-state index is 6.26. The van der Waals surface area contributed by atoms with E-state index in [0.717, 1.165) is 41.8 Å². The summed E-state index contributed by atoms with van der Waals surface area (Å²) in [5.41, 5.74) is 2.25. The number of halogens is 2. The van der Waals surface area contributed by atoms with Gasteiger partial charge in [-0.15, -0.1) is 34.2 Å². The van der Waals surface area contributed by atoms with Gasteiger partial charge in [0.15, 0.2) is 17.4 Å². The van der Waals surface area contributed by atoms with Crippen LogP contribution in [0.2, 0.25) is 5.02 Å². The molecule has 6 nitrogen and oxygen atoms in total. The Bertz CT molecular complexity index is 980. The second kappa shape index (κ2) is 9.75. The van der Waals surface area contributed by atoms with E-state index >= 15 is 0 Å². The van der Waals surface area contributed by atoms with Crippen LogP contribution < -0.4 is 10.6 Å². The van der Waals surface area contributed by atoms with Gasteiger partial charge < -0.3 is 10.6 Å². The van der Waals surface area contributed by atoms with E-state index < -0.39 is 0 Å². The van der Waals surface area contributed by atoms with Crippen LogP contribution in [0.4, 0.5) is 0 Å². The van der Waals surface area contributed by atoms with Crippen molar-refractivity contribution in [2.24, 2.45) is 4.99 Å². The highest BCUT2D eigenvalue weighted by Crippen LogP contribution is 2.41. The van der Waals surface area contributed by atoms with Crippen LogP contribution >= 0.6 is 35.6 Å². The predicted molar refractivity (Wildman–Crippen MR) is 128 cm³/mol. The molecule has 29 heavy (non-hydrogen) atoms. The Hall–Kier alpha value is -1.87. The smallest absolute Gasteiger partial charge is 0.191 e. The summed E-state index contributed by atoms with van der Waals surface area (Å²) in [7, 11) is 1.79. The Morgan fingerprint density at radius 2 is 1.97 bits per heavy atom. The van der Waals surface area contributed by atoms with Gasteiger partial charge in [-0.2, -0.15) is 0 Å². The zero-order valence-corrected chi connectivity index (χ0v) is 19.5. The Morgan fingerprint density at radius 1 is 1.14 bits per heavy atom. The first kappa shape index (κ1) is 21.8. The van der Waals surface area contributed by atoms with Gasteiger partial charge >= 0.3 is 0 Å². The molecule has 2 aromatic heterocycles. The summed E-state index contributed by atoms with van der Waals surface area (Å²) in [6, 6.07) is 14.1. The quantitative estimate of drug-likeness (QED) is 0.299. The van der Waals surface area contributed by atoms with Crippen molar-refractivity contribution in [3.63, 3.8) is 0 Å². The molecule has 1 aliphatic rings. The number of fused-ring (bicyclic) bond motifs is 1. The minimum Gasteiger partial charge on any atom is -0.356 e. The van der Waals surface area contributed by atoms with E-state index in [4.69, 9.17) is 11.6 Å². The van der Waals surface area contributed by atoms with E-state index in [1.807, 2.05) is 40.9 Å². The van der Waals surface area contributed by atoms with Crippen LogP contribution in [0.1, 0.15) is 37.1 Å². The third-order valence-corrected chi connectivity index (χ3v) is 5.85. The number of nitrogens with one attached hydrogen (secondary N) is 2. The van der Waals surface area contributed by atoms with E-state index in [2.05, 4.69) is 38.0 Å². The number of aromatic nitrogens is 3. The summed E-state index contributed by atoms with van der Waals surface area (Å²) in [4.78, 5) is 4.38. The minimum atomic E-state index is 0. The second-order valence-corrected chi connectivity index (χ2v) is 7.76. The first-order valence-electron chi connectivity index (χ1n) is 9.69. The Morgan fingerprint density at radius 3 is 2.72 bits per heavy atom. The molecule has 0 amide bonds. The third-order valence-electron chi connectivity index (χ3n) is 5.61. The average molecular weight is 525 g/mol. The number of rotatable bonds is 5. The van der Waals surface area contributed by atoms with Gasteiger partial charge in [0, 0.05) is 30.2 Å². The van der Waals surface area contributed by atoms with Crippen molar-refractivity contribution in [3.8, 4) is 0 Å². The molecule has 8 heteroatoms. The van der Waals surface area contributed by atoms with Gasteiger partial charge in [0.05, 0.1) is 6.54 Å². The van der Waals surface area contributed by atoms with Crippen molar-refractivity contribution < 1.29 is 0 Å². The largest absolute Gasteiger partial charge is 0.356 e. The van der Waals surface area contributed by atoms with Gasteiger partial charge in [0.25, 0.3) is 0 Å². The maximum Gasteiger partial charge on any atom is 0.191 e. The molecule has 0 bridgehead atoms. The van der Waals surface area contributed by atoms with Gasteiger partial charge in [0.1, 0.15) is 0 Å². The molecular weight excluding hydrogens is 499 g/mol. The molecule has 154 valence electrons. The number of nitrogens with zero attached hydrogens (tertiary/aromatic N) is 4. The number of hydrogen-bond acceptors (Lipinski definition) is 3. The van der Waals surface area contributed by atoms with E-state index in [-0.39, 0.29) is 29.4 Å². The molecule has 3 aromatic rings. The van der Waals surface area contributed by atoms with Crippen LogP contribution in [0.5, 0.6) is 0 Å². The average Bonchev–Trinajstić information content (AvgIpc) is 3.36. The highest BCUT2D eigenvalue weighted by molar-refractivity contribution is 14.0. The topological polar surface area (TPSA) is 66.6 Å². The van der Waals surface area contributed by atoms with Gasteiger partial charge in [-0.1, -0.05) is 42.6 Å². The first-order valence-corrected chi connectivity index (χ1v) is 10.1. The van der Waals surface area contributed by atoms with Crippen molar-refractivity contribution in [1.29, 1.82) is 0 Å². The van der Waals surface area contributed by atoms with Crippen molar-refractivity contribution >= 4 is 47.2 Å². The molecule has 1 aromatic carbocycles. The van der Waals surface area contributed by atoms with Crippen molar-refractivity contribution in [3.05, 3.63) is 65.1 Å². The molecule has 0 radical (unpaired) electrons. The van der Waals surface area contributed by atoms with Crippen molar-refractivity contribution in [2.75, 3.05) is 13.6 Å². The van der Waals surface area contributed by atoms with Gasteiger partial charge in [0.2, 0.25) is 0 Å². The molecule has 2 N–H and O–H groups in total. The molecule has 1 saturated carbocycles. The highest BCUT2D eigenvalue weighted by Gasteiger charge is 2.35. The van der Waals surface area contributed by atoms with E-state index in [9.17, 15) is 0 Å². The molecular formula is C21H26ClIN6. The normalized spacial score (nSPS) is 15.9. The van der Waals surface area contributed by atoms with Crippen LogP contribution in [0.3, 0.4) is 0 Å². The lowest BCUT2D eigenvalue weighted by atomic mass is 9.79. The predicted octanol–water partition coefficient (Wildman–Crippen LogP) is 4.18. The Balaban J connectivity index is 0.00000240. The number of hydrogen-bond donors (Lipinski definition) is 2. The molecule has 2 heterocycles. The standard InChI is InChI=1S/C21H25ClN6.HI/c1-23-20(24-14-19-27-26-18-9-2-5-12-28(18)19)25-15-21(10-3-4-11-21)16-7-6-8-17(22)13-16;/h2,5-9,12-13H,3-4,10-11,14-15H2,1H3,(H2,23,24,25);1H. The lowest BCUT2D eigenvalue weighted by Gasteiger charge is -2.31. The third kappa shape index (κ3) is 4.83. The summed E-state index contributed by atoms with van der Waals surface area (Å²) in [6.07, 6.45) is 6.77. The second-order valence-electron chi connectivity index (χ2n) is 7.32. The van der Waals surface area contributed by atoms with Crippen LogP contribution in [-0.4, -0.2) is 34.2 Å². The van der Waals surface area contributed by atoms with Crippen molar-refractivity contribution in [1.82, 2.24) is 25.2 Å². The summed E-state index contributed by atoms with van der Waals surface area (Å²) >= 11 is 6.26. The summed E-state index contributed by atoms with van der Waals surface area (Å²) in [6.45, 7) is 1.38. The van der Waals surface area contributed by atoms with Gasteiger partial charge in [-0.25, -0.2) is 0 Å². The summed E-state index contributed by atoms with van der Waals surface area (Å²) in [5.74, 6) is 1.62. The zero-order chi connectivity index (χ0) is 19.4. The monoisotopic (exact) mass is 524 g/mol. The molecule has 0 atom stereocenters. The van der Waals surface area contributed by atoms with E-state index in [1.54, 1.807) is 7.05 Å². The van der Waals surface area contributed by atoms with E-state index in [0.29, 0.717) is 6.54 Å². The number of guanidine groups is 1. The van der Waals surface area contributed by atoms with Gasteiger partial charge in [-0.05, 0) is 42.7 Å². The maximum absolute atomic E-state index is 6.26. The Kier molecular flexibility index (Phi) is 7.34. The molecule has 4 rings (SSSR count). The van der Waals surface area contributed by atoms with Crippen LogP contribution in [0, 0.1) is 0 Å².